The Hall–Kier alpha value is -2.40. The number of nitrogens with zero attached hydrogens (tertiary/aromatic N) is 2. The Balaban J connectivity index is 2.12. The third-order valence-corrected chi connectivity index (χ3v) is 3.50. The fraction of sp³-hybridized carbons (Fsp3) is 0.250. The third-order valence-electron chi connectivity index (χ3n) is 3.50. The van der Waals surface area contributed by atoms with E-state index in [1.165, 1.54) is 11.1 Å². The number of nitrogens with one attached hydrogen (secondary N) is 1. The molecule has 0 spiro atoms. The first kappa shape index (κ1) is 15.0. The van der Waals surface area contributed by atoms with Crippen molar-refractivity contribution in [2.45, 2.75) is 26.4 Å². The quantitative estimate of drug-likeness (QED) is 0.340. The van der Waals surface area contributed by atoms with Crippen LogP contribution in [0.2, 0.25) is 0 Å². The summed E-state index contributed by atoms with van der Waals surface area (Å²) in [6, 6.07) is 12.2. The van der Waals surface area contributed by atoms with Gasteiger partial charge in [-0.3, -0.25) is 4.98 Å². The van der Waals surface area contributed by atoms with Gasteiger partial charge in [0, 0.05) is 18.8 Å². The van der Waals surface area contributed by atoms with Crippen LogP contribution >= 0.6 is 0 Å². The van der Waals surface area contributed by atoms with Crippen molar-refractivity contribution in [3.63, 3.8) is 0 Å². The molecule has 0 aliphatic heterocycles. The molecule has 0 saturated heterocycles. The maximum Gasteiger partial charge on any atom is 0.189 e. The Bertz CT molecular complexity index is 640. The highest BCUT2D eigenvalue weighted by Crippen LogP contribution is 2.17. The second kappa shape index (κ2) is 6.85. The van der Waals surface area contributed by atoms with Crippen molar-refractivity contribution in [1.29, 1.82) is 0 Å². The molecule has 0 radical (unpaired) electrons. The molecule has 0 amide bonds. The van der Waals surface area contributed by atoms with Crippen LogP contribution in [-0.4, -0.2) is 16.0 Å². The van der Waals surface area contributed by atoms with Crippen molar-refractivity contribution in [3.05, 3.63) is 65.0 Å². The van der Waals surface area contributed by atoms with Gasteiger partial charge in [-0.1, -0.05) is 35.5 Å². The van der Waals surface area contributed by atoms with E-state index < -0.39 is 0 Å². The van der Waals surface area contributed by atoms with Gasteiger partial charge in [0.25, 0.3) is 0 Å². The maximum absolute atomic E-state index is 8.81. The summed E-state index contributed by atoms with van der Waals surface area (Å²) < 4.78 is 0. The molecule has 2 rings (SSSR count). The van der Waals surface area contributed by atoms with E-state index in [1.807, 2.05) is 24.3 Å². The highest BCUT2D eigenvalue weighted by Gasteiger charge is 2.11. The molecule has 5 heteroatoms. The fourth-order valence-electron chi connectivity index (χ4n) is 2.30. The molecule has 5 nitrogen and oxygen atoms in total. The molecule has 0 aliphatic carbocycles. The fourth-order valence-corrected chi connectivity index (χ4v) is 2.30. The van der Waals surface area contributed by atoms with Gasteiger partial charge in [0.15, 0.2) is 5.84 Å². The van der Waals surface area contributed by atoms with Gasteiger partial charge in [-0.2, -0.15) is 0 Å². The van der Waals surface area contributed by atoms with Crippen LogP contribution in [-0.2, 0) is 6.54 Å². The van der Waals surface area contributed by atoms with Crippen molar-refractivity contribution >= 4 is 5.84 Å². The summed E-state index contributed by atoms with van der Waals surface area (Å²) >= 11 is 0. The highest BCUT2D eigenvalue weighted by molar-refractivity contribution is 5.96. The normalized spacial score (nSPS) is 13.1. The number of oxime groups is 1. The van der Waals surface area contributed by atoms with Crippen molar-refractivity contribution in [3.8, 4) is 0 Å². The van der Waals surface area contributed by atoms with Crippen molar-refractivity contribution in [1.82, 2.24) is 10.3 Å². The lowest BCUT2D eigenvalue weighted by Gasteiger charge is -2.17. The van der Waals surface area contributed by atoms with E-state index in [1.54, 1.807) is 6.20 Å². The van der Waals surface area contributed by atoms with Crippen LogP contribution in [0.1, 0.15) is 35.3 Å². The Morgan fingerprint density at radius 1 is 1.33 bits per heavy atom. The highest BCUT2D eigenvalue weighted by atomic mass is 16.4. The molecule has 0 unspecified atom stereocenters. The largest absolute Gasteiger partial charge is 0.409 e. The molecule has 2 aromatic rings. The number of rotatable bonds is 5. The first-order valence-corrected chi connectivity index (χ1v) is 6.84. The SMILES string of the molecule is Cc1ccccc1[C@@H](C)NCc1cccnc1/C(N)=N/O. The minimum absolute atomic E-state index is 0.0240. The first-order chi connectivity index (χ1) is 10.1. The number of hydrogen-bond acceptors (Lipinski definition) is 4. The van der Waals surface area contributed by atoms with Gasteiger partial charge in [0.1, 0.15) is 5.69 Å². The number of aromatic nitrogens is 1. The minimum atomic E-state index is 0.0240. The Morgan fingerprint density at radius 3 is 2.81 bits per heavy atom. The lowest BCUT2D eigenvalue weighted by atomic mass is 10.0. The van der Waals surface area contributed by atoms with Crippen LogP contribution < -0.4 is 11.1 Å². The molecule has 1 atom stereocenters. The summed E-state index contributed by atoms with van der Waals surface area (Å²) in [5.41, 5.74) is 9.55. The number of amidine groups is 1. The van der Waals surface area contributed by atoms with Crippen molar-refractivity contribution in [2.24, 2.45) is 10.9 Å². The Morgan fingerprint density at radius 2 is 2.10 bits per heavy atom. The minimum Gasteiger partial charge on any atom is -0.409 e. The molecule has 0 saturated carbocycles. The van der Waals surface area contributed by atoms with Crippen LogP contribution in [0.4, 0.5) is 0 Å². The predicted molar refractivity (Wildman–Crippen MR) is 83.2 cm³/mol. The lowest BCUT2D eigenvalue weighted by molar-refractivity contribution is 0.318. The Labute approximate surface area is 124 Å². The molecule has 1 heterocycles. The topological polar surface area (TPSA) is 83.5 Å². The standard InChI is InChI=1S/C16H20N4O/c1-11-6-3-4-8-14(11)12(2)19-10-13-7-5-9-18-15(13)16(17)20-21/h3-9,12,19,21H,10H2,1-2H3,(H2,17,20)/t12-/m1/s1. The summed E-state index contributed by atoms with van der Waals surface area (Å²) in [5.74, 6) is 0.0240. The summed E-state index contributed by atoms with van der Waals surface area (Å²) in [5, 5.41) is 15.3. The van der Waals surface area contributed by atoms with E-state index in [9.17, 15) is 0 Å². The van der Waals surface area contributed by atoms with E-state index in [0.717, 1.165) is 5.56 Å². The van der Waals surface area contributed by atoms with E-state index in [4.69, 9.17) is 10.9 Å². The average Bonchev–Trinajstić information content (AvgIpc) is 2.52. The van der Waals surface area contributed by atoms with Crippen LogP contribution in [0.5, 0.6) is 0 Å². The number of aryl methyl sites for hydroxylation is 1. The van der Waals surface area contributed by atoms with Crippen LogP contribution in [0.15, 0.2) is 47.8 Å². The van der Waals surface area contributed by atoms with Gasteiger partial charge >= 0.3 is 0 Å². The molecule has 0 bridgehead atoms. The summed E-state index contributed by atoms with van der Waals surface area (Å²) in [6.07, 6.45) is 1.63. The predicted octanol–water partition coefficient (Wildman–Crippen LogP) is 2.34. The molecule has 0 fully saturated rings. The number of benzene rings is 1. The molecule has 1 aromatic carbocycles. The molecule has 4 N–H and O–H groups in total. The van der Waals surface area contributed by atoms with E-state index in [-0.39, 0.29) is 11.9 Å². The zero-order chi connectivity index (χ0) is 15.2. The first-order valence-electron chi connectivity index (χ1n) is 6.84. The van der Waals surface area contributed by atoms with E-state index in [2.05, 4.69) is 41.4 Å². The van der Waals surface area contributed by atoms with Crippen LogP contribution in [0.3, 0.4) is 0 Å². The van der Waals surface area contributed by atoms with Gasteiger partial charge in [-0.25, -0.2) is 0 Å². The lowest BCUT2D eigenvalue weighted by Crippen LogP contribution is -2.23. The van der Waals surface area contributed by atoms with Crippen molar-refractivity contribution < 1.29 is 5.21 Å². The number of hydrogen-bond donors (Lipinski definition) is 3. The second-order valence-corrected chi connectivity index (χ2v) is 4.96. The van der Waals surface area contributed by atoms with Crippen LogP contribution in [0.25, 0.3) is 0 Å². The second-order valence-electron chi connectivity index (χ2n) is 4.96. The monoisotopic (exact) mass is 284 g/mol. The van der Waals surface area contributed by atoms with Gasteiger partial charge in [0.2, 0.25) is 0 Å². The molecule has 0 aliphatic rings. The Kier molecular flexibility index (Phi) is 4.90. The zero-order valence-corrected chi connectivity index (χ0v) is 12.2. The smallest absolute Gasteiger partial charge is 0.189 e. The van der Waals surface area contributed by atoms with E-state index >= 15 is 0 Å². The van der Waals surface area contributed by atoms with Gasteiger partial charge < -0.3 is 16.3 Å². The third kappa shape index (κ3) is 3.58. The molecular weight excluding hydrogens is 264 g/mol. The van der Waals surface area contributed by atoms with Gasteiger partial charge in [0.05, 0.1) is 0 Å². The number of pyridine rings is 1. The summed E-state index contributed by atoms with van der Waals surface area (Å²) in [6.45, 7) is 4.80. The summed E-state index contributed by atoms with van der Waals surface area (Å²) in [7, 11) is 0. The van der Waals surface area contributed by atoms with Gasteiger partial charge in [-0.05, 0) is 36.6 Å². The van der Waals surface area contributed by atoms with Crippen LogP contribution in [0, 0.1) is 6.92 Å². The molecule has 21 heavy (non-hydrogen) atoms. The average molecular weight is 284 g/mol. The molecular formula is C16H20N4O. The maximum atomic E-state index is 8.81. The zero-order valence-electron chi connectivity index (χ0n) is 12.2. The molecule has 110 valence electrons. The number of nitrogens with two attached hydrogens (primary N) is 1. The summed E-state index contributed by atoms with van der Waals surface area (Å²) in [4.78, 5) is 4.16. The van der Waals surface area contributed by atoms with Gasteiger partial charge in [-0.15, -0.1) is 0 Å². The van der Waals surface area contributed by atoms with E-state index in [0.29, 0.717) is 12.2 Å². The molecule has 1 aromatic heterocycles. The van der Waals surface area contributed by atoms with Crippen molar-refractivity contribution in [2.75, 3.05) is 0 Å².